The maximum Gasteiger partial charge on any atom is 0.332 e. The van der Waals surface area contributed by atoms with Crippen LogP contribution >= 0.6 is 0 Å². The Morgan fingerprint density at radius 1 is 1.30 bits per heavy atom. The molecule has 0 unspecified atom stereocenters. The van der Waals surface area contributed by atoms with Crippen molar-refractivity contribution in [2.24, 2.45) is 7.05 Å². The molecule has 0 bridgehead atoms. The number of unbranched alkanes of at least 4 members (excludes halogenated alkanes) is 2. The molecule has 2 aromatic heterocycles. The molecule has 2 heterocycles. The Hall–Kier alpha value is -2.18. The number of fused-ring (bicyclic) bond motifs is 1. The van der Waals surface area contributed by atoms with Crippen molar-refractivity contribution in [3.05, 3.63) is 27.2 Å². The van der Waals surface area contributed by atoms with Crippen LogP contribution in [0.4, 0.5) is 0 Å². The Labute approximate surface area is 115 Å². The molecule has 0 amide bonds. The molecule has 2 rings (SSSR count). The number of aromatic amines is 1. The Morgan fingerprint density at radius 2 is 2.05 bits per heavy atom. The van der Waals surface area contributed by atoms with Gasteiger partial charge in [-0.25, -0.2) is 9.78 Å². The van der Waals surface area contributed by atoms with Crippen LogP contribution < -0.4 is 11.2 Å². The van der Waals surface area contributed by atoms with Crippen LogP contribution in [0.2, 0.25) is 0 Å². The normalized spacial score (nSPS) is 11.1. The fraction of sp³-hybridized carbons (Fsp3) is 0.538. The number of imidazole rings is 1. The number of aryl methyl sites for hydroxylation is 1. The molecule has 0 saturated carbocycles. The number of rotatable bonds is 6. The first-order chi connectivity index (χ1) is 9.52. The second-order valence-electron chi connectivity index (χ2n) is 4.91. The second kappa shape index (κ2) is 5.85. The van der Waals surface area contributed by atoms with E-state index in [0.717, 1.165) is 12.8 Å². The highest BCUT2D eigenvalue weighted by atomic mass is 16.2. The Bertz CT molecular complexity index is 738. The van der Waals surface area contributed by atoms with E-state index in [-0.39, 0.29) is 17.0 Å². The third-order valence-electron chi connectivity index (χ3n) is 3.32. The van der Waals surface area contributed by atoms with Gasteiger partial charge in [0.25, 0.3) is 5.56 Å². The minimum atomic E-state index is -0.360. The van der Waals surface area contributed by atoms with E-state index in [2.05, 4.69) is 9.97 Å². The van der Waals surface area contributed by atoms with E-state index < -0.39 is 0 Å². The van der Waals surface area contributed by atoms with Crippen molar-refractivity contribution in [3.8, 4) is 0 Å². The Morgan fingerprint density at radius 3 is 2.75 bits per heavy atom. The third kappa shape index (κ3) is 2.71. The van der Waals surface area contributed by atoms with Crippen molar-refractivity contribution in [3.63, 3.8) is 0 Å². The highest BCUT2D eigenvalue weighted by Gasteiger charge is 2.12. The minimum Gasteiger partial charge on any atom is -0.339 e. The highest BCUT2D eigenvalue weighted by Crippen LogP contribution is 2.03. The van der Waals surface area contributed by atoms with Gasteiger partial charge >= 0.3 is 5.69 Å². The van der Waals surface area contributed by atoms with Crippen molar-refractivity contribution in [1.29, 1.82) is 0 Å². The summed E-state index contributed by atoms with van der Waals surface area (Å²) in [5.41, 5.74) is 0.0111. The summed E-state index contributed by atoms with van der Waals surface area (Å²) in [6, 6.07) is 0. The number of hydrogen-bond acceptors (Lipinski definition) is 4. The van der Waals surface area contributed by atoms with E-state index in [1.54, 1.807) is 14.0 Å². The lowest BCUT2D eigenvalue weighted by Crippen LogP contribution is -2.39. The molecular weight excluding hydrogens is 260 g/mol. The largest absolute Gasteiger partial charge is 0.339 e. The molecule has 20 heavy (non-hydrogen) atoms. The molecule has 2 aromatic rings. The lowest BCUT2D eigenvalue weighted by atomic mass is 10.1. The van der Waals surface area contributed by atoms with Crippen molar-refractivity contribution >= 4 is 16.9 Å². The molecule has 0 fully saturated rings. The fourth-order valence-electron chi connectivity index (χ4n) is 2.21. The maximum atomic E-state index is 12.2. The molecule has 1 N–H and O–H groups in total. The van der Waals surface area contributed by atoms with Crippen LogP contribution in [0, 0.1) is 0 Å². The lowest BCUT2D eigenvalue weighted by molar-refractivity contribution is -0.117. The van der Waals surface area contributed by atoms with Crippen LogP contribution in [0.5, 0.6) is 0 Å². The van der Waals surface area contributed by atoms with Crippen LogP contribution in [-0.2, 0) is 18.4 Å². The van der Waals surface area contributed by atoms with Crippen LogP contribution in [-0.4, -0.2) is 24.9 Å². The van der Waals surface area contributed by atoms with Crippen LogP contribution in [0.3, 0.4) is 0 Å². The second-order valence-corrected chi connectivity index (χ2v) is 4.91. The first-order valence-electron chi connectivity index (χ1n) is 6.64. The van der Waals surface area contributed by atoms with Gasteiger partial charge < -0.3 is 9.78 Å². The summed E-state index contributed by atoms with van der Waals surface area (Å²) in [6.45, 7) is 1.92. The van der Waals surface area contributed by atoms with E-state index >= 15 is 0 Å². The summed E-state index contributed by atoms with van der Waals surface area (Å²) in [7, 11) is 1.59. The zero-order valence-corrected chi connectivity index (χ0v) is 11.7. The van der Waals surface area contributed by atoms with Crippen molar-refractivity contribution in [2.75, 3.05) is 0 Å². The van der Waals surface area contributed by atoms with Gasteiger partial charge in [0.15, 0.2) is 5.65 Å². The van der Waals surface area contributed by atoms with Gasteiger partial charge in [0, 0.05) is 20.0 Å². The van der Waals surface area contributed by atoms with Gasteiger partial charge in [-0.3, -0.25) is 13.9 Å². The number of nitrogens with zero attached hydrogens (tertiary/aromatic N) is 3. The molecule has 0 aromatic carbocycles. The summed E-state index contributed by atoms with van der Waals surface area (Å²) >= 11 is 0. The van der Waals surface area contributed by atoms with Crippen molar-refractivity contribution < 1.29 is 4.79 Å². The summed E-state index contributed by atoms with van der Waals surface area (Å²) in [5.74, 6) is 0.164. The molecule has 0 atom stereocenters. The number of hydrogen-bond donors (Lipinski definition) is 1. The molecule has 7 nitrogen and oxygen atoms in total. The number of ketones is 1. The zero-order chi connectivity index (χ0) is 14.7. The zero-order valence-electron chi connectivity index (χ0n) is 11.7. The predicted molar refractivity (Wildman–Crippen MR) is 74.7 cm³/mol. The van der Waals surface area contributed by atoms with E-state index in [1.807, 2.05) is 0 Å². The Kier molecular flexibility index (Phi) is 4.16. The quantitative estimate of drug-likeness (QED) is 0.782. The molecule has 108 valence electrons. The number of H-pyrrole nitrogens is 1. The summed E-state index contributed by atoms with van der Waals surface area (Å²) in [6.07, 6.45) is 4.25. The third-order valence-corrected chi connectivity index (χ3v) is 3.32. The lowest BCUT2D eigenvalue weighted by Gasteiger charge is -2.07. The van der Waals surface area contributed by atoms with Gasteiger partial charge in [-0.1, -0.05) is 6.42 Å². The molecule has 7 heteroatoms. The number of Topliss-reactive ketones (excluding diaryl/α,β-unsaturated/α-hetero) is 1. The number of carbonyl (C=O) groups excluding carboxylic acids is 1. The SMILES string of the molecule is CC(=O)CCCCCn1c(=O)c2[nH]cnc2n(C)c1=O. The average Bonchev–Trinajstić information content (AvgIpc) is 2.88. The summed E-state index contributed by atoms with van der Waals surface area (Å²) < 4.78 is 2.58. The van der Waals surface area contributed by atoms with Gasteiger partial charge in [-0.2, -0.15) is 0 Å². The standard InChI is InChI=1S/C13H18N4O3/c1-9(18)6-4-3-5-7-17-12(19)10-11(15-8-14-10)16(2)13(17)20/h8H,3-7H2,1-2H3,(H,14,15). The number of aromatic nitrogens is 4. The van der Waals surface area contributed by atoms with E-state index in [0.29, 0.717) is 30.6 Å². The van der Waals surface area contributed by atoms with Gasteiger partial charge in [-0.15, -0.1) is 0 Å². The van der Waals surface area contributed by atoms with E-state index in [9.17, 15) is 14.4 Å². The molecular formula is C13H18N4O3. The first kappa shape index (κ1) is 14.2. The van der Waals surface area contributed by atoms with Crippen LogP contribution in [0.25, 0.3) is 11.2 Å². The summed E-state index contributed by atoms with van der Waals surface area (Å²) in [4.78, 5) is 41.8. The summed E-state index contributed by atoms with van der Waals surface area (Å²) in [5, 5.41) is 0. The first-order valence-corrected chi connectivity index (χ1v) is 6.64. The minimum absolute atomic E-state index is 0.164. The van der Waals surface area contributed by atoms with Crippen LogP contribution in [0.15, 0.2) is 15.9 Å². The highest BCUT2D eigenvalue weighted by molar-refractivity contribution is 5.75. The molecule has 0 saturated heterocycles. The fourth-order valence-corrected chi connectivity index (χ4v) is 2.21. The average molecular weight is 278 g/mol. The van der Waals surface area contributed by atoms with Gasteiger partial charge in [-0.05, 0) is 19.8 Å². The molecule has 0 aliphatic carbocycles. The molecule has 0 aliphatic heterocycles. The van der Waals surface area contributed by atoms with Crippen molar-refractivity contribution in [1.82, 2.24) is 19.1 Å². The van der Waals surface area contributed by atoms with Crippen molar-refractivity contribution in [2.45, 2.75) is 39.2 Å². The van der Waals surface area contributed by atoms with E-state index in [4.69, 9.17) is 0 Å². The van der Waals surface area contributed by atoms with Crippen LogP contribution in [0.1, 0.15) is 32.6 Å². The van der Waals surface area contributed by atoms with Gasteiger partial charge in [0.05, 0.1) is 6.33 Å². The Balaban J connectivity index is 2.16. The molecule has 0 spiro atoms. The van der Waals surface area contributed by atoms with Gasteiger partial charge in [0.2, 0.25) is 0 Å². The maximum absolute atomic E-state index is 12.2. The van der Waals surface area contributed by atoms with E-state index in [1.165, 1.54) is 15.5 Å². The monoisotopic (exact) mass is 278 g/mol. The number of carbonyl (C=O) groups is 1. The molecule has 0 radical (unpaired) electrons. The topological polar surface area (TPSA) is 89.8 Å². The molecule has 0 aliphatic rings. The smallest absolute Gasteiger partial charge is 0.332 e. The number of nitrogens with one attached hydrogen (secondary N) is 1. The predicted octanol–water partition coefficient (Wildman–Crippen LogP) is 0.573. The van der Waals surface area contributed by atoms with Gasteiger partial charge in [0.1, 0.15) is 11.3 Å².